The lowest BCUT2D eigenvalue weighted by atomic mass is 10.2. The summed E-state index contributed by atoms with van der Waals surface area (Å²) in [6, 6.07) is 3.17. The molecule has 6 heteroatoms. The molecule has 1 aromatic heterocycles. The maximum absolute atomic E-state index is 11.7. The second kappa shape index (κ2) is 5.93. The molecule has 0 aliphatic heterocycles. The molecule has 0 radical (unpaired) electrons. The van der Waals surface area contributed by atoms with Crippen LogP contribution in [0.15, 0.2) is 21.7 Å². The van der Waals surface area contributed by atoms with E-state index in [-0.39, 0.29) is 30.0 Å². The predicted molar refractivity (Wildman–Crippen MR) is 63.0 cm³/mol. The van der Waals surface area contributed by atoms with E-state index >= 15 is 0 Å². The van der Waals surface area contributed by atoms with E-state index in [0.717, 1.165) is 12.2 Å². The predicted octanol–water partition coefficient (Wildman–Crippen LogP) is 1.10. The Labute approximate surface area is 99.5 Å². The van der Waals surface area contributed by atoms with E-state index in [1.807, 2.05) is 6.92 Å². The highest BCUT2D eigenvalue weighted by Gasteiger charge is 2.14. The molecule has 0 saturated carbocycles. The van der Waals surface area contributed by atoms with Crippen molar-refractivity contribution in [1.82, 2.24) is 5.32 Å². The molecule has 0 spiro atoms. The summed E-state index contributed by atoms with van der Waals surface area (Å²) in [4.78, 5) is 11.7. The van der Waals surface area contributed by atoms with Gasteiger partial charge in [-0.25, -0.2) is 0 Å². The minimum atomic E-state index is -0.303. The van der Waals surface area contributed by atoms with Crippen LogP contribution in [0.2, 0.25) is 0 Å². The first-order valence-electron chi connectivity index (χ1n) is 5.42. The largest absolute Gasteiger partial charge is 0.456 e. The van der Waals surface area contributed by atoms with Gasteiger partial charge in [-0.15, -0.1) is 0 Å². The lowest BCUT2D eigenvalue weighted by molar-refractivity contribution is 0.0911. The van der Waals surface area contributed by atoms with Crippen LogP contribution in [0, 0.1) is 0 Å². The van der Waals surface area contributed by atoms with Crippen LogP contribution >= 0.6 is 0 Å². The van der Waals surface area contributed by atoms with Crippen LogP contribution < -0.4 is 11.1 Å². The molecule has 0 aliphatic rings. The van der Waals surface area contributed by atoms with Crippen LogP contribution in [0.5, 0.6) is 0 Å². The molecule has 17 heavy (non-hydrogen) atoms. The van der Waals surface area contributed by atoms with Crippen molar-refractivity contribution in [1.29, 1.82) is 0 Å². The zero-order chi connectivity index (χ0) is 12.8. The van der Waals surface area contributed by atoms with Gasteiger partial charge in [-0.05, 0) is 19.1 Å². The van der Waals surface area contributed by atoms with E-state index in [1.54, 1.807) is 19.1 Å². The highest BCUT2D eigenvalue weighted by Crippen LogP contribution is 2.08. The van der Waals surface area contributed by atoms with Crippen LogP contribution in [-0.4, -0.2) is 23.0 Å². The van der Waals surface area contributed by atoms with E-state index in [9.17, 15) is 4.79 Å². The number of carbonyl (C=O) groups excluding carboxylic acids is 1. The van der Waals surface area contributed by atoms with Crippen molar-refractivity contribution < 1.29 is 14.4 Å². The maximum Gasteiger partial charge on any atom is 0.287 e. The molecule has 0 fully saturated rings. The quantitative estimate of drug-likeness (QED) is 0.310. The summed E-state index contributed by atoms with van der Waals surface area (Å²) in [5, 5.41) is 13.9. The Kier molecular flexibility index (Phi) is 4.56. The fourth-order valence-electron chi connectivity index (χ4n) is 1.39. The Balaban J connectivity index is 2.54. The Morgan fingerprint density at radius 2 is 2.35 bits per heavy atom. The van der Waals surface area contributed by atoms with Crippen molar-refractivity contribution in [3.05, 3.63) is 23.7 Å². The topological polar surface area (TPSA) is 101 Å². The van der Waals surface area contributed by atoms with Crippen LogP contribution in [0.3, 0.4) is 0 Å². The van der Waals surface area contributed by atoms with Gasteiger partial charge in [0, 0.05) is 18.9 Å². The number of hydrogen-bond acceptors (Lipinski definition) is 4. The molecule has 94 valence electrons. The first-order chi connectivity index (χ1) is 8.06. The molecule has 6 nitrogen and oxygen atoms in total. The summed E-state index contributed by atoms with van der Waals surface area (Å²) in [7, 11) is 0. The monoisotopic (exact) mass is 239 g/mol. The SMILES string of the molecule is CCc1ccc(C(=O)NC(C)CC(N)=NO)o1. The third kappa shape index (κ3) is 3.82. The van der Waals surface area contributed by atoms with Crippen LogP contribution in [-0.2, 0) is 6.42 Å². The standard InChI is InChI=1S/C11H17N3O3/c1-3-8-4-5-9(17-8)11(15)13-7(2)6-10(12)14-16/h4-5,7,16H,3,6H2,1-2H3,(H2,12,14)(H,13,15). The number of oxime groups is 1. The van der Waals surface area contributed by atoms with Crippen molar-refractivity contribution >= 4 is 11.7 Å². The Morgan fingerprint density at radius 3 is 2.88 bits per heavy atom. The number of rotatable bonds is 5. The zero-order valence-corrected chi connectivity index (χ0v) is 9.93. The molecule has 4 N–H and O–H groups in total. The zero-order valence-electron chi connectivity index (χ0n) is 9.93. The summed E-state index contributed by atoms with van der Waals surface area (Å²) in [5.41, 5.74) is 5.34. The highest BCUT2D eigenvalue weighted by molar-refractivity contribution is 5.92. The first-order valence-corrected chi connectivity index (χ1v) is 5.42. The summed E-state index contributed by atoms with van der Waals surface area (Å²) in [6.07, 6.45) is 1.02. The van der Waals surface area contributed by atoms with Gasteiger partial charge in [-0.2, -0.15) is 0 Å². The fourth-order valence-corrected chi connectivity index (χ4v) is 1.39. The molecule has 0 aliphatic carbocycles. The Morgan fingerprint density at radius 1 is 1.65 bits per heavy atom. The molecule has 1 aromatic rings. The normalized spacial score (nSPS) is 13.4. The molecule has 1 unspecified atom stereocenters. The number of nitrogens with one attached hydrogen (secondary N) is 1. The first kappa shape index (κ1) is 13.1. The van der Waals surface area contributed by atoms with Crippen molar-refractivity contribution in [2.75, 3.05) is 0 Å². The van der Waals surface area contributed by atoms with E-state index in [2.05, 4.69) is 10.5 Å². The maximum atomic E-state index is 11.7. The van der Waals surface area contributed by atoms with Crippen molar-refractivity contribution in [3.8, 4) is 0 Å². The van der Waals surface area contributed by atoms with Crippen molar-refractivity contribution in [2.45, 2.75) is 32.7 Å². The third-order valence-electron chi connectivity index (χ3n) is 2.26. The highest BCUT2D eigenvalue weighted by atomic mass is 16.4. The molecule has 1 amide bonds. The summed E-state index contributed by atoms with van der Waals surface area (Å²) in [5.74, 6) is 0.807. The number of hydrogen-bond donors (Lipinski definition) is 3. The number of furan rings is 1. The molecular weight excluding hydrogens is 222 g/mol. The van der Waals surface area contributed by atoms with Gasteiger partial charge >= 0.3 is 0 Å². The van der Waals surface area contributed by atoms with E-state index < -0.39 is 0 Å². The van der Waals surface area contributed by atoms with Gasteiger partial charge in [0.1, 0.15) is 11.6 Å². The third-order valence-corrected chi connectivity index (χ3v) is 2.26. The van der Waals surface area contributed by atoms with Gasteiger partial charge < -0.3 is 20.7 Å². The number of amides is 1. The Hall–Kier alpha value is -1.98. The summed E-state index contributed by atoms with van der Waals surface area (Å²) < 4.78 is 5.30. The lowest BCUT2D eigenvalue weighted by Gasteiger charge is -2.11. The number of aryl methyl sites for hydroxylation is 1. The van der Waals surface area contributed by atoms with Crippen LogP contribution in [0.4, 0.5) is 0 Å². The number of nitrogens with two attached hydrogens (primary N) is 1. The van der Waals surface area contributed by atoms with Gasteiger partial charge in [-0.3, -0.25) is 4.79 Å². The lowest BCUT2D eigenvalue weighted by Crippen LogP contribution is -2.35. The number of nitrogens with zero attached hydrogens (tertiary/aromatic N) is 1. The smallest absolute Gasteiger partial charge is 0.287 e. The van der Waals surface area contributed by atoms with Crippen molar-refractivity contribution in [2.24, 2.45) is 10.9 Å². The van der Waals surface area contributed by atoms with Gasteiger partial charge in [0.15, 0.2) is 5.76 Å². The van der Waals surface area contributed by atoms with Crippen LogP contribution in [0.25, 0.3) is 0 Å². The van der Waals surface area contributed by atoms with Crippen molar-refractivity contribution in [3.63, 3.8) is 0 Å². The number of amidine groups is 1. The summed E-state index contributed by atoms with van der Waals surface area (Å²) in [6.45, 7) is 3.71. The minimum Gasteiger partial charge on any atom is -0.456 e. The van der Waals surface area contributed by atoms with Gasteiger partial charge in [0.2, 0.25) is 0 Å². The van der Waals surface area contributed by atoms with Gasteiger partial charge in [0.25, 0.3) is 5.91 Å². The second-order valence-corrected chi connectivity index (χ2v) is 3.79. The van der Waals surface area contributed by atoms with Crippen LogP contribution in [0.1, 0.15) is 36.6 Å². The molecule has 1 rings (SSSR count). The van der Waals surface area contributed by atoms with E-state index in [0.29, 0.717) is 0 Å². The molecule has 0 saturated heterocycles. The summed E-state index contributed by atoms with van der Waals surface area (Å²) >= 11 is 0. The van der Waals surface area contributed by atoms with Gasteiger partial charge in [-0.1, -0.05) is 12.1 Å². The molecule has 0 aromatic carbocycles. The van der Waals surface area contributed by atoms with Gasteiger partial charge in [0.05, 0.1) is 0 Å². The molecule has 1 atom stereocenters. The molecule has 0 bridgehead atoms. The minimum absolute atomic E-state index is 0.0755. The number of carbonyl (C=O) groups is 1. The van der Waals surface area contributed by atoms with E-state index in [1.165, 1.54) is 0 Å². The van der Waals surface area contributed by atoms with E-state index in [4.69, 9.17) is 15.4 Å². The molecule has 1 heterocycles. The Bertz CT molecular complexity index is 412. The fraction of sp³-hybridized carbons (Fsp3) is 0.455. The average molecular weight is 239 g/mol. The second-order valence-electron chi connectivity index (χ2n) is 3.79. The average Bonchev–Trinajstić information content (AvgIpc) is 2.77. The molecular formula is C11H17N3O3.